The zero-order valence-electron chi connectivity index (χ0n) is 19.8. The van der Waals surface area contributed by atoms with Crippen molar-refractivity contribution in [2.24, 2.45) is 7.05 Å². The van der Waals surface area contributed by atoms with Crippen LogP contribution in [0.25, 0.3) is 16.0 Å². The average molecular weight is 477 g/mol. The molecule has 1 saturated heterocycles. The minimum absolute atomic E-state index is 0.0958. The van der Waals surface area contributed by atoms with E-state index < -0.39 is 0 Å². The number of nitrogens with zero attached hydrogens (tertiary/aromatic N) is 8. The molecule has 10 heteroatoms. The van der Waals surface area contributed by atoms with Gasteiger partial charge in [-0.2, -0.15) is 5.26 Å². The summed E-state index contributed by atoms with van der Waals surface area (Å²) in [4.78, 5) is 32.5. The minimum atomic E-state index is -0.0958. The van der Waals surface area contributed by atoms with Gasteiger partial charge in [0.2, 0.25) is 0 Å². The number of hydrogen-bond acceptors (Lipinski definition) is 8. The van der Waals surface area contributed by atoms with E-state index in [0.717, 1.165) is 41.2 Å². The van der Waals surface area contributed by atoms with Gasteiger partial charge in [0, 0.05) is 44.3 Å². The number of fused-ring (bicyclic) bond motifs is 2. The van der Waals surface area contributed by atoms with Crippen molar-refractivity contribution in [2.45, 2.75) is 51.7 Å². The lowest BCUT2D eigenvalue weighted by Gasteiger charge is -2.48. The number of rotatable bonds is 5. The Kier molecular flexibility index (Phi) is 5.83. The highest BCUT2D eigenvalue weighted by atomic mass is 32.1. The maximum atomic E-state index is 12.8. The zero-order valence-corrected chi connectivity index (χ0v) is 20.7. The number of piperazine rings is 1. The molecule has 5 rings (SSSR count). The van der Waals surface area contributed by atoms with E-state index in [1.165, 1.54) is 4.68 Å². The molecule has 0 aliphatic carbocycles. The van der Waals surface area contributed by atoms with Crippen molar-refractivity contribution in [1.82, 2.24) is 29.0 Å². The number of hydrogen-bond donors (Lipinski definition) is 0. The molecule has 0 bridgehead atoms. The largest absolute Gasteiger partial charge is 0.363 e. The van der Waals surface area contributed by atoms with Crippen molar-refractivity contribution >= 4 is 33.0 Å². The summed E-state index contributed by atoms with van der Waals surface area (Å²) >= 11 is 1.57. The van der Waals surface area contributed by atoms with Gasteiger partial charge in [0.1, 0.15) is 4.83 Å². The molecule has 34 heavy (non-hydrogen) atoms. The predicted octanol–water partition coefficient (Wildman–Crippen LogP) is 3.15. The van der Waals surface area contributed by atoms with Crippen LogP contribution in [0.3, 0.4) is 0 Å². The number of pyridine rings is 1. The summed E-state index contributed by atoms with van der Waals surface area (Å²) in [5.74, 6) is 0. The van der Waals surface area contributed by atoms with Crippen molar-refractivity contribution in [1.29, 1.82) is 5.26 Å². The smallest absolute Gasteiger partial charge is 0.267 e. The van der Waals surface area contributed by atoms with Crippen LogP contribution in [0.15, 0.2) is 34.7 Å². The highest BCUT2D eigenvalue weighted by Gasteiger charge is 2.35. The molecule has 0 amide bonds. The van der Waals surface area contributed by atoms with Crippen LogP contribution in [0.1, 0.15) is 44.6 Å². The van der Waals surface area contributed by atoms with E-state index >= 15 is 0 Å². The molecule has 1 aliphatic rings. The summed E-state index contributed by atoms with van der Waals surface area (Å²) in [6.07, 6.45) is 2.97. The van der Waals surface area contributed by atoms with Crippen LogP contribution >= 0.6 is 11.3 Å². The monoisotopic (exact) mass is 476 g/mol. The van der Waals surface area contributed by atoms with Crippen molar-refractivity contribution in [3.63, 3.8) is 0 Å². The maximum Gasteiger partial charge on any atom is 0.267 e. The Morgan fingerprint density at radius 1 is 1.29 bits per heavy atom. The number of aryl methyl sites for hydroxylation is 1. The van der Waals surface area contributed by atoms with Crippen molar-refractivity contribution in [3.8, 4) is 6.07 Å². The van der Waals surface area contributed by atoms with E-state index in [2.05, 4.69) is 53.8 Å². The van der Waals surface area contributed by atoms with Crippen LogP contribution in [0, 0.1) is 11.3 Å². The summed E-state index contributed by atoms with van der Waals surface area (Å²) in [5, 5.41) is 9.12. The Morgan fingerprint density at radius 2 is 2.12 bits per heavy atom. The number of aromatic nitrogens is 5. The summed E-state index contributed by atoms with van der Waals surface area (Å²) in [5.41, 5.74) is 5.95. The molecule has 0 spiro atoms. The maximum absolute atomic E-state index is 12.8. The van der Waals surface area contributed by atoms with Gasteiger partial charge in [-0.3, -0.25) is 9.69 Å². The molecular weight excluding hydrogens is 448 g/mol. The number of nitriles is 1. The zero-order chi connectivity index (χ0) is 24.0. The van der Waals surface area contributed by atoms with Gasteiger partial charge in [-0.15, -0.1) is 11.3 Å². The van der Waals surface area contributed by atoms with E-state index in [9.17, 15) is 4.79 Å². The molecule has 3 atom stereocenters. The normalized spacial score (nSPS) is 20.1. The van der Waals surface area contributed by atoms with Crippen LogP contribution in [0.4, 0.5) is 5.69 Å². The molecule has 1 aliphatic heterocycles. The number of anilines is 1. The van der Waals surface area contributed by atoms with Crippen LogP contribution in [-0.2, 0) is 13.5 Å². The van der Waals surface area contributed by atoms with Crippen molar-refractivity contribution in [2.75, 3.05) is 18.0 Å². The molecule has 1 unspecified atom stereocenters. The van der Waals surface area contributed by atoms with Gasteiger partial charge in [-0.05, 0) is 32.4 Å². The quantitative estimate of drug-likeness (QED) is 0.437. The molecule has 1 fully saturated rings. The lowest BCUT2D eigenvalue weighted by atomic mass is 10.0. The summed E-state index contributed by atoms with van der Waals surface area (Å²) in [6.45, 7) is 8.25. The standard InChI is InChI=1S/C24H28N8OS/c1-5-18-13-30(21-10-22(33)29(4)32-12-17(8-9-25)27-23(21)32)15(2)11-31(18)16(3)19-6-7-20-24(28-19)34-14-26-20/h6-7,10,12,14-16,18H,5,8,11,13H2,1-4H3/t15-,16?,18+/m0/s1. The Balaban J connectivity index is 1.48. The van der Waals surface area contributed by atoms with Crippen molar-refractivity contribution < 1.29 is 0 Å². The van der Waals surface area contributed by atoms with E-state index in [4.69, 9.17) is 15.2 Å². The summed E-state index contributed by atoms with van der Waals surface area (Å²) in [7, 11) is 1.72. The van der Waals surface area contributed by atoms with E-state index in [1.807, 2.05) is 5.51 Å². The predicted molar refractivity (Wildman–Crippen MR) is 133 cm³/mol. The van der Waals surface area contributed by atoms with Crippen molar-refractivity contribution in [3.05, 3.63) is 51.6 Å². The van der Waals surface area contributed by atoms with E-state index in [-0.39, 0.29) is 24.1 Å². The van der Waals surface area contributed by atoms with Gasteiger partial charge in [0.15, 0.2) is 5.65 Å². The second kappa shape index (κ2) is 8.81. The Labute approximate surface area is 201 Å². The molecule has 4 aromatic rings. The molecule has 0 radical (unpaired) electrons. The Morgan fingerprint density at radius 3 is 2.88 bits per heavy atom. The average Bonchev–Trinajstić information content (AvgIpc) is 3.48. The fourth-order valence-corrected chi connectivity index (χ4v) is 5.65. The first-order chi connectivity index (χ1) is 16.4. The first kappa shape index (κ1) is 22.5. The van der Waals surface area contributed by atoms with Gasteiger partial charge in [0.05, 0.1) is 46.8 Å². The molecule has 5 heterocycles. The van der Waals surface area contributed by atoms with Gasteiger partial charge in [-0.25, -0.2) is 24.1 Å². The molecule has 0 aromatic carbocycles. The first-order valence-corrected chi connectivity index (χ1v) is 12.5. The van der Waals surface area contributed by atoms with E-state index in [1.54, 1.807) is 35.2 Å². The topological polar surface area (TPSA) is 95.3 Å². The third-order valence-corrected chi connectivity index (χ3v) is 7.67. The fourth-order valence-electron chi connectivity index (χ4n) is 4.99. The third kappa shape index (κ3) is 3.75. The van der Waals surface area contributed by atoms with Crippen LogP contribution in [-0.4, -0.2) is 54.2 Å². The Bertz CT molecular complexity index is 1450. The molecule has 9 nitrogen and oxygen atoms in total. The third-order valence-electron chi connectivity index (χ3n) is 6.94. The van der Waals surface area contributed by atoms with Gasteiger partial charge in [0.25, 0.3) is 5.56 Å². The van der Waals surface area contributed by atoms with Crippen LogP contribution in [0.2, 0.25) is 0 Å². The molecule has 4 aromatic heterocycles. The highest BCUT2D eigenvalue weighted by Crippen LogP contribution is 2.32. The second-order valence-electron chi connectivity index (χ2n) is 8.98. The first-order valence-electron chi connectivity index (χ1n) is 11.6. The van der Waals surface area contributed by atoms with Gasteiger partial charge >= 0.3 is 0 Å². The van der Waals surface area contributed by atoms with Crippen LogP contribution < -0.4 is 10.5 Å². The van der Waals surface area contributed by atoms with E-state index in [0.29, 0.717) is 17.4 Å². The highest BCUT2D eigenvalue weighted by molar-refractivity contribution is 7.16. The number of thiazole rings is 1. The van der Waals surface area contributed by atoms with Gasteiger partial charge < -0.3 is 4.90 Å². The van der Waals surface area contributed by atoms with Gasteiger partial charge in [-0.1, -0.05) is 6.92 Å². The van der Waals surface area contributed by atoms with Crippen LogP contribution in [0.5, 0.6) is 0 Å². The lowest BCUT2D eigenvalue weighted by Crippen LogP contribution is -2.58. The lowest BCUT2D eigenvalue weighted by molar-refractivity contribution is 0.104. The molecule has 0 N–H and O–H groups in total. The summed E-state index contributed by atoms with van der Waals surface area (Å²) < 4.78 is 3.30. The fraction of sp³-hybridized carbons (Fsp3) is 0.458. The molecular formula is C24H28N8OS. The summed E-state index contributed by atoms with van der Waals surface area (Å²) in [6, 6.07) is 8.60. The SMILES string of the molecule is CC[C@@H]1CN(c2cc(=O)n(C)n3cc(CC#N)nc23)[C@@H](C)CN1C(C)c1ccc2ncsc2n1. The minimum Gasteiger partial charge on any atom is -0.363 e. The molecule has 176 valence electrons. The molecule has 0 saturated carbocycles. The second-order valence-corrected chi connectivity index (χ2v) is 9.81. The number of imidazole rings is 1. The Hall–Kier alpha value is -3.29.